The molecule has 2 aromatic carbocycles. The molecule has 1 saturated heterocycles. The van der Waals surface area contributed by atoms with Crippen LogP contribution >= 0.6 is 0 Å². The molecule has 0 aromatic heterocycles. The number of hydrogen-bond acceptors (Lipinski definition) is 3. The molecule has 0 aliphatic carbocycles. The van der Waals surface area contributed by atoms with E-state index in [-0.39, 0.29) is 12.5 Å². The van der Waals surface area contributed by atoms with Crippen molar-refractivity contribution < 1.29 is 23.1 Å². The van der Waals surface area contributed by atoms with E-state index in [9.17, 15) is 18.0 Å². The molecule has 1 aliphatic heterocycles. The van der Waals surface area contributed by atoms with E-state index < -0.39 is 17.7 Å². The lowest BCUT2D eigenvalue weighted by Crippen LogP contribution is -2.48. The van der Waals surface area contributed by atoms with Gasteiger partial charge in [0.25, 0.3) is 0 Å². The molecule has 1 heterocycles. The first kappa shape index (κ1) is 20.4. The van der Waals surface area contributed by atoms with Crippen LogP contribution < -0.4 is 0 Å². The second-order valence-electron chi connectivity index (χ2n) is 7.06. The molecule has 1 unspecified atom stereocenters. The summed E-state index contributed by atoms with van der Waals surface area (Å²) in [5, 5.41) is 8.92. The van der Waals surface area contributed by atoms with Crippen LogP contribution in [0.4, 0.5) is 13.2 Å². The van der Waals surface area contributed by atoms with Gasteiger partial charge in [-0.1, -0.05) is 48.5 Å². The molecule has 7 heteroatoms. The largest absolute Gasteiger partial charge is 0.480 e. The Labute approximate surface area is 162 Å². The Balaban J connectivity index is 1.79. The fraction of sp³-hybridized carbons (Fsp3) is 0.381. The van der Waals surface area contributed by atoms with Gasteiger partial charge in [-0.2, -0.15) is 13.2 Å². The minimum Gasteiger partial charge on any atom is -0.480 e. The molecule has 0 spiro atoms. The lowest BCUT2D eigenvalue weighted by molar-refractivity contribution is -0.139. The van der Waals surface area contributed by atoms with Crippen molar-refractivity contribution in [1.29, 1.82) is 0 Å². The van der Waals surface area contributed by atoms with Gasteiger partial charge in [0.05, 0.1) is 12.1 Å². The zero-order chi connectivity index (χ0) is 20.1. The number of carbonyl (C=O) groups is 1. The molecular weight excluding hydrogens is 369 g/mol. The average molecular weight is 392 g/mol. The van der Waals surface area contributed by atoms with Crippen molar-refractivity contribution in [1.82, 2.24) is 9.80 Å². The summed E-state index contributed by atoms with van der Waals surface area (Å²) in [5.41, 5.74) is 0.959. The molecule has 28 heavy (non-hydrogen) atoms. The van der Waals surface area contributed by atoms with Gasteiger partial charge in [0.2, 0.25) is 0 Å². The van der Waals surface area contributed by atoms with E-state index in [0.29, 0.717) is 38.3 Å². The van der Waals surface area contributed by atoms with E-state index in [1.54, 1.807) is 6.07 Å². The van der Waals surface area contributed by atoms with Crippen LogP contribution in [0.3, 0.4) is 0 Å². The zero-order valence-electron chi connectivity index (χ0n) is 15.4. The molecule has 1 N–H and O–H groups in total. The van der Waals surface area contributed by atoms with Gasteiger partial charge in [-0.25, -0.2) is 0 Å². The molecule has 0 radical (unpaired) electrons. The van der Waals surface area contributed by atoms with Gasteiger partial charge < -0.3 is 5.11 Å². The molecule has 1 aliphatic rings. The highest BCUT2D eigenvalue weighted by Gasteiger charge is 2.31. The first-order valence-corrected chi connectivity index (χ1v) is 9.21. The number of hydrogen-bond donors (Lipinski definition) is 1. The van der Waals surface area contributed by atoms with Crippen LogP contribution in [0, 0.1) is 0 Å². The van der Waals surface area contributed by atoms with Crippen molar-refractivity contribution >= 4 is 5.97 Å². The van der Waals surface area contributed by atoms with E-state index >= 15 is 0 Å². The Morgan fingerprint density at radius 3 is 2.14 bits per heavy atom. The van der Waals surface area contributed by atoms with Gasteiger partial charge in [-0.3, -0.25) is 14.6 Å². The van der Waals surface area contributed by atoms with Crippen molar-refractivity contribution in [2.75, 3.05) is 39.3 Å². The Hall–Kier alpha value is -2.38. The molecule has 4 nitrogen and oxygen atoms in total. The molecular formula is C21H23F3N2O2. The van der Waals surface area contributed by atoms with E-state index in [0.717, 1.165) is 11.6 Å². The number of aliphatic carboxylic acids is 1. The SMILES string of the molecule is O=C(O)CN1CCN(CC(c2ccccc2)c2cccc(C(F)(F)F)c2)CC1. The zero-order valence-corrected chi connectivity index (χ0v) is 15.4. The van der Waals surface area contributed by atoms with Crippen LogP contribution in [0.5, 0.6) is 0 Å². The van der Waals surface area contributed by atoms with Crippen LogP contribution in [-0.4, -0.2) is 60.1 Å². The smallest absolute Gasteiger partial charge is 0.416 e. The van der Waals surface area contributed by atoms with E-state index in [1.807, 2.05) is 35.2 Å². The minimum absolute atomic E-state index is 0.0174. The van der Waals surface area contributed by atoms with Crippen LogP contribution in [-0.2, 0) is 11.0 Å². The lowest BCUT2D eigenvalue weighted by atomic mass is 9.89. The molecule has 2 aromatic rings. The number of carboxylic acids is 1. The minimum atomic E-state index is -4.38. The predicted molar refractivity (Wildman–Crippen MR) is 100 cm³/mol. The maximum atomic E-state index is 13.2. The first-order chi connectivity index (χ1) is 13.3. The van der Waals surface area contributed by atoms with Crippen LogP contribution in [0.25, 0.3) is 0 Å². The van der Waals surface area contributed by atoms with Gasteiger partial charge >= 0.3 is 12.1 Å². The van der Waals surface area contributed by atoms with Gasteiger partial charge in [0, 0.05) is 38.6 Å². The summed E-state index contributed by atoms with van der Waals surface area (Å²) in [6.45, 7) is 3.26. The highest BCUT2D eigenvalue weighted by Crippen LogP contribution is 2.33. The quantitative estimate of drug-likeness (QED) is 0.817. The number of benzene rings is 2. The van der Waals surface area contributed by atoms with Crippen molar-refractivity contribution in [2.45, 2.75) is 12.1 Å². The third-order valence-corrected chi connectivity index (χ3v) is 5.08. The summed E-state index contributed by atoms with van der Waals surface area (Å²) in [7, 11) is 0. The van der Waals surface area contributed by atoms with Crippen molar-refractivity contribution in [2.24, 2.45) is 0 Å². The fourth-order valence-electron chi connectivity index (χ4n) is 3.60. The number of halogens is 3. The summed E-state index contributed by atoms with van der Waals surface area (Å²) in [6.07, 6.45) is -4.38. The summed E-state index contributed by atoms with van der Waals surface area (Å²) < 4.78 is 39.5. The summed E-state index contributed by atoms with van der Waals surface area (Å²) in [6, 6.07) is 15.1. The summed E-state index contributed by atoms with van der Waals surface area (Å²) in [5.74, 6) is -1.03. The molecule has 0 amide bonds. The van der Waals surface area contributed by atoms with E-state index in [2.05, 4.69) is 4.90 Å². The number of carboxylic acid groups (broad SMARTS) is 1. The second-order valence-corrected chi connectivity index (χ2v) is 7.06. The molecule has 0 bridgehead atoms. The van der Waals surface area contributed by atoms with Crippen LogP contribution in [0.15, 0.2) is 54.6 Å². The third kappa shape index (κ3) is 5.33. The fourth-order valence-corrected chi connectivity index (χ4v) is 3.60. The highest BCUT2D eigenvalue weighted by atomic mass is 19.4. The third-order valence-electron chi connectivity index (χ3n) is 5.08. The van der Waals surface area contributed by atoms with E-state index in [1.165, 1.54) is 12.1 Å². The van der Waals surface area contributed by atoms with Crippen molar-refractivity contribution in [3.63, 3.8) is 0 Å². The monoisotopic (exact) mass is 392 g/mol. The maximum Gasteiger partial charge on any atom is 0.416 e. The van der Waals surface area contributed by atoms with Crippen molar-refractivity contribution in [3.8, 4) is 0 Å². The van der Waals surface area contributed by atoms with Gasteiger partial charge in [-0.05, 0) is 17.2 Å². The molecule has 1 atom stereocenters. The first-order valence-electron chi connectivity index (χ1n) is 9.21. The second kappa shape index (κ2) is 8.75. The van der Waals surface area contributed by atoms with Gasteiger partial charge in [-0.15, -0.1) is 0 Å². The Bertz CT molecular complexity index is 788. The normalized spacial score (nSPS) is 17.4. The van der Waals surface area contributed by atoms with E-state index in [4.69, 9.17) is 5.11 Å². The van der Waals surface area contributed by atoms with Crippen molar-refractivity contribution in [3.05, 3.63) is 71.3 Å². The predicted octanol–water partition coefficient (Wildman–Crippen LogP) is 3.54. The Morgan fingerprint density at radius 2 is 1.54 bits per heavy atom. The number of piperazine rings is 1. The van der Waals surface area contributed by atoms with Crippen LogP contribution in [0.1, 0.15) is 22.6 Å². The topological polar surface area (TPSA) is 43.8 Å². The number of alkyl halides is 3. The number of nitrogens with zero attached hydrogens (tertiary/aromatic N) is 2. The molecule has 150 valence electrons. The summed E-state index contributed by atoms with van der Waals surface area (Å²) >= 11 is 0. The number of rotatable bonds is 6. The standard InChI is InChI=1S/C21H23F3N2O2/c22-21(23,24)18-8-4-7-17(13-18)19(16-5-2-1-3-6-16)14-25-9-11-26(12-10-25)15-20(27)28/h1-8,13,19H,9-12,14-15H2,(H,27,28). The summed E-state index contributed by atoms with van der Waals surface area (Å²) in [4.78, 5) is 14.9. The average Bonchev–Trinajstić information content (AvgIpc) is 2.67. The highest BCUT2D eigenvalue weighted by molar-refractivity contribution is 5.69. The maximum absolute atomic E-state index is 13.2. The molecule has 0 saturated carbocycles. The van der Waals surface area contributed by atoms with Crippen LogP contribution in [0.2, 0.25) is 0 Å². The molecule has 1 fully saturated rings. The van der Waals surface area contributed by atoms with Gasteiger partial charge in [0.1, 0.15) is 0 Å². The lowest BCUT2D eigenvalue weighted by Gasteiger charge is -2.36. The molecule has 3 rings (SSSR count). The Morgan fingerprint density at radius 1 is 0.929 bits per heavy atom. The van der Waals surface area contributed by atoms with Gasteiger partial charge in [0.15, 0.2) is 0 Å². The Kier molecular flexibility index (Phi) is 6.36.